The Hall–Kier alpha value is -2.52. The molecular formula is C25H33FN2O4S. The maximum atomic E-state index is 13.5. The lowest BCUT2D eigenvalue weighted by molar-refractivity contribution is 0.0779. The first-order chi connectivity index (χ1) is 15.8. The average Bonchev–Trinajstić information content (AvgIpc) is 3.15. The van der Waals surface area contributed by atoms with Crippen molar-refractivity contribution in [1.82, 2.24) is 9.88 Å². The summed E-state index contributed by atoms with van der Waals surface area (Å²) in [4.78, 5) is 0.249. The molecule has 33 heavy (non-hydrogen) atoms. The van der Waals surface area contributed by atoms with Crippen molar-refractivity contribution in [2.24, 2.45) is 0 Å². The van der Waals surface area contributed by atoms with Crippen molar-refractivity contribution in [3.8, 4) is 16.9 Å². The fourth-order valence-corrected chi connectivity index (χ4v) is 4.21. The van der Waals surface area contributed by atoms with Gasteiger partial charge in [0, 0.05) is 17.6 Å². The summed E-state index contributed by atoms with van der Waals surface area (Å²) < 4.78 is 44.7. The van der Waals surface area contributed by atoms with Crippen LogP contribution in [0.1, 0.15) is 31.1 Å². The highest BCUT2D eigenvalue weighted by molar-refractivity contribution is 7.90. The highest BCUT2D eigenvalue weighted by atomic mass is 32.2. The molecule has 1 heterocycles. The molecule has 2 N–H and O–H groups in total. The Morgan fingerprint density at radius 2 is 1.70 bits per heavy atom. The first-order valence-electron chi connectivity index (χ1n) is 10.9. The number of halogens is 1. The van der Waals surface area contributed by atoms with Gasteiger partial charge in [0.2, 0.25) is 0 Å². The zero-order chi connectivity index (χ0) is 24.6. The van der Waals surface area contributed by atoms with Crippen LogP contribution in [0.15, 0.2) is 59.5 Å². The highest BCUT2D eigenvalue weighted by Crippen LogP contribution is 2.33. The van der Waals surface area contributed by atoms with E-state index in [0.29, 0.717) is 6.61 Å². The van der Waals surface area contributed by atoms with Crippen molar-refractivity contribution in [1.29, 1.82) is 0 Å². The number of aliphatic hydroxyl groups is 1. The zero-order valence-electron chi connectivity index (χ0n) is 19.8. The van der Waals surface area contributed by atoms with Gasteiger partial charge in [0.1, 0.15) is 5.82 Å². The van der Waals surface area contributed by atoms with Crippen LogP contribution in [-0.4, -0.2) is 51.2 Å². The van der Waals surface area contributed by atoms with Gasteiger partial charge in [-0.05, 0) is 67.6 Å². The lowest BCUT2D eigenvalue weighted by Crippen LogP contribution is -2.23. The molecule has 0 bridgehead atoms. The summed E-state index contributed by atoms with van der Waals surface area (Å²) in [5, 5.41) is 12.2. The van der Waals surface area contributed by atoms with Gasteiger partial charge in [0.15, 0.2) is 9.84 Å². The molecule has 3 aromatic rings. The molecule has 8 heteroatoms. The number of benzene rings is 2. The Labute approximate surface area is 196 Å². The van der Waals surface area contributed by atoms with Gasteiger partial charge >= 0.3 is 0 Å². The van der Waals surface area contributed by atoms with E-state index in [4.69, 9.17) is 9.84 Å². The topological polar surface area (TPSA) is 80.6 Å². The van der Waals surface area contributed by atoms with E-state index in [0.717, 1.165) is 28.2 Å². The number of likely N-dealkylation sites (N-methyl/N-ethyl adjacent to an activating group) is 1. The van der Waals surface area contributed by atoms with E-state index < -0.39 is 9.84 Å². The standard InChI is InChI=1S/C23H27FN2O4S.C2H6/c1-16-21(22(25-2)15-30-13-12-27)14-23(26(16)19-8-6-18(24)7-9-19)17-4-10-20(11-5-17)31(3,28)29;1-2/h4-11,14,22,25,27H,12-13,15H2,1-3H3;1-2H3. The minimum atomic E-state index is -3.30. The van der Waals surface area contributed by atoms with Crippen molar-refractivity contribution in [2.45, 2.75) is 31.7 Å². The van der Waals surface area contributed by atoms with Crippen LogP contribution in [-0.2, 0) is 14.6 Å². The van der Waals surface area contributed by atoms with E-state index in [1.165, 1.54) is 18.4 Å². The van der Waals surface area contributed by atoms with Gasteiger partial charge in [-0.1, -0.05) is 26.0 Å². The molecule has 0 spiro atoms. The smallest absolute Gasteiger partial charge is 0.175 e. The fourth-order valence-electron chi connectivity index (χ4n) is 3.58. The Balaban J connectivity index is 0.00000187. The molecule has 180 valence electrons. The molecule has 0 aliphatic rings. The quantitative estimate of drug-likeness (QED) is 0.451. The predicted octanol–water partition coefficient (Wildman–Crippen LogP) is 4.29. The predicted molar refractivity (Wildman–Crippen MR) is 130 cm³/mol. The van der Waals surface area contributed by atoms with Gasteiger partial charge in [-0.3, -0.25) is 0 Å². The van der Waals surface area contributed by atoms with Gasteiger partial charge < -0.3 is 19.7 Å². The number of nitrogens with one attached hydrogen (secondary N) is 1. The molecule has 1 aromatic heterocycles. The molecule has 0 aliphatic heterocycles. The van der Waals surface area contributed by atoms with Crippen LogP contribution in [0.5, 0.6) is 0 Å². The van der Waals surface area contributed by atoms with Crippen molar-refractivity contribution in [3.05, 3.63) is 71.7 Å². The number of hydrogen-bond donors (Lipinski definition) is 2. The van der Waals surface area contributed by atoms with E-state index in [9.17, 15) is 12.8 Å². The normalized spacial score (nSPS) is 12.2. The summed E-state index contributed by atoms with van der Waals surface area (Å²) in [6, 6.07) is 14.8. The number of hydrogen-bond acceptors (Lipinski definition) is 5. The molecule has 2 aromatic carbocycles. The van der Waals surface area contributed by atoms with Crippen LogP contribution in [0.3, 0.4) is 0 Å². The molecular weight excluding hydrogens is 443 g/mol. The number of aromatic nitrogens is 1. The molecule has 1 unspecified atom stereocenters. The van der Waals surface area contributed by atoms with E-state index >= 15 is 0 Å². The molecule has 0 aliphatic carbocycles. The third kappa shape index (κ3) is 6.51. The number of nitrogens with zero attached hydrogens (tertiary/aromatic N) is 1. The zero-order valence-corrected chi connectivity index (χ0v) is 20.6. The van der Waals surface area contributed by atoms with Crippen LogP contribution < -0.4 is 5.32 Å². The van der Waals surface area contributed by atoms with E-state index in [1.54, 1.807) is 36.4 Å². The second-order valence-corrected chi connectivity index (χ2v) is 9.33. The van der Waals surface area contributed by atoms with Crippen LogP contribution >= 0.6 is 0 Å². The number of aliphatic hydroxyl groups excluding tert-OH is 1. The summed E-state index contributed by atoms with van der Waals surface area (Å²) >= 11 is 0. The largest absolute Gasteiger partial charge is 0.394 e. The Kier molecular flexibility index (Phi) is 9.79. The van der Waals surface area contributed by atoms with Gasteiger partial charge in [-0.15, -0.1) is 0 Å². The average molecular weight is 477 g/mol. The molecule has 0 radical (unpaired) electrons. The van der Waals surface area contributed by atoms with Gasteiger partial charge in [-0.25, -0.2) is 12.8 Å². The molecule has 0 fully saturated rings. The summed E-state index contributed by atoms with van der Waals surface area (Å²) in [5.41, 5.74) is 4.41. The number of sulfone groups is 1. The highest BCUT2D eigenvalue weighted by Gasteiger charge is 2.21. The van der Waals surface area contributed by atoms with Gasteiger partial charge in [0.25, 0.3) is 0 Å². The second-order valence-electron chi connectivity index (χ2n) is 7.32. The van der Waals surface area contributed by atoms with Crippen molar-refractivity contribution >= 4 is 9.84 Å². The maximum absolute atomic E-state index is 13.5. The van der Waals surface area contributed by atoms with Crippen molar-refractivity contribution in [3.63, 3.8) is 0 Å². The SMILES string of the molecule is CC.CNC(COCCO)c1cc(-c2ccc(S(C)(=O)=O)cc2)n(-c2ccc(F)cc2)c1C. The molecule has 3 rings (SSSR count). The minimum Gasteiger partial charge on any atom is -0.394 e. The summed E-state index contributed by atoms with van der Waals surface area (Å²) in [5.74, 6) is -0.321. The molecule has 6 nitrogen and oxygen atoms in total. The fraction of sp³-hybridized carbons (Fsp3) is 0.360. The lowest BCUT2D eigenvalue weighted by atomic mass is 10.1. The molecule has 1 atom stereocenters. The summed E-state index contributed by atoms with van der Waals surface area (Å²) in [7, 11) is -1.46. The summed E-state index contributed by atoms with van der Waals surface area (Å²) in [6.45, 7) is 6.54. The lowest BCUT2D eigenvalue weighted by Gasteiger charge is -2.17. The van der Waals surface area contributed by atoms with Crippen molar-refractivity contribution in [2.75, 3.05) is 33.1 Å². The number of ether oxygens (including phenoxy) is 1. The first kappa shape index (κ1) is 26.7. The van der Waals surface area contributed by atoms with Gasteiger partial charge in [0.05, 0.1) is 36.5 Å². The van der Waals surface area contributed by atoms with Crippen LogP contribution in [0.2, 0.25) is 0 Å². The Morgan fingerprint density at radius 1 is 1.09 bits per heavy atom. The Bertz CT molecular complexity index is 1120. The first-order valence-corrected chi connectivity index (χ1v) is 12.8. The number of rotatable bonds is 9. The van der Waals surface area contributed by atoms with E-state index in [-0.39, 0.29) is 30.0 Å². The maximum Gasteiger partial charge on any atom is 0.175 e. The monoisotopic (exact) mass is 476 g/mol. The second kappa shape index (κ2) is 12.1. The van der Waals surface area contributed by atoms with E-state index in [1.807, 2.05) is 38.5 Å². The van der Waals surface area contributed by atoms with Crippen LogP contribution in [0.25, 0.3) is 16.9 Å². The van der Waals surface area contributed by atoms with E-state index in [2.05, 4.69) is 5.32 Å². The van der Waals surface area contributed by atoms with Crippen LogP contribution in [0, 0.1) is 12.7 Å². The Morgan fingerprint density at radius 3 is 2.21 bits per heavy atom. The molecule has 0 saturated carbocycles. The van der Waals surface area contributed by atoms with Crippen LogP contribution in [0.4, 0.5) is 4.39 Å². The molecule has 0 amide bonds. The van der Waals surface area contributed by atoms with Crippen molar-refractivity contribution < 1.29 is 22.7 Å². The summed E-state index contributed by atoms with van der Waals surface area (Å²) in [6.07, 6.45) is 1.18. The minimum absolute atomic E-state index is 0.0516. The molecule has 0 saturated heterocycles. The third-order valence-corrected chi connectivity index (χ3v) is 6.32. The third-order valence-electron chi connectivity index (χ3n) is 5.19. The van der Waals surface area contributed by atoms with Gasteiger partial charge in [-0.2, -0.15) is 0 Å².